The maximum Gasteiger partial charge on any atom is 0.269 e. The molecule has 0 saturated carbocycles. The number of nitrogens with one attached hydrogen (secondary N) is 1. The van der Waals surface area contributed by atoms with Crippen LogP contribution in [-0.4, -0.2) is 16.1 Å². The number of hydrogen-bond donors (Lipinski definition) is 2. The van der Waals surface area contributed by atoms with E-state index in [0.717, 1.165) is 17.7 Å². The number of nitrogens with two attached hydrogens (primary N) is 1. The third-order valence-electron chi connectivity index (χ3n) is 1.66. The summed E-state index contributed by atoms with van der Waals surface area (Å²) in [4.78, 5) is 10.7. The zero-order valence-electron chi connectivity index (χ0n) is 6.64. The highest BCUT2D eigenvalue weighted by Gasteiger charge is 2.12. The summed E-state index contributed by atoms with van der Waals surface area (Å²) in [5.74, 6) is -0.466. The summed E-state index contributed by atoms with van der Waals surface area (Å²) in [5.41, 5.74) is 7.28. The van der Waals surface area contributed by atoms with E-state index in [1.54, 1.807) is 0 Å². The van der Waals surface area contributed by atoms with E-state index in [0.29, 0.717) is 5.69 Å². The van der Waals surface area contributed by atoms with Crippen molar-refractivity contribution in [3.05, 3.63) is 17.0 Å². The molecule has 1 rings (SSSR count). The number of nitrogens with zero attached hydrogens (tertiary/aromatic N) is 1. The molecule has 1 aromatic rings. The van der Waals surface area contributed by atoms with Gasteiger partial charge in [-0.3, -0.25) is 9.89 Å². The molecule has 0 aliphatic rings. The van der Waals surface area contributed by atoms with Gasteiger partial charge in [0.1, 0.15) is 0 Å². The fraction of sp³-hybridized carbons (Fsp3) is 0.429. The molecule has 1 heterocycles. The number of carbonyl (C=O) groups excluding carboxylic acids is 1. The Bertz CT molecular complexity index is 277. The predicted molar refractivity (Wildman–Crippen MR) is 41.2 cm³/mol. The molecule has 1 aromatic heterocycles. The van der Waals surface area contributed by atoms with Crippen molar-refractivity contribution >= 4 is 5.91 Å². The van der Waals surface area contributed by atoms with Crippen LogP contribution < -0.4 is 5.73 Å². The number of H-pyrrole nitrogens is 1. The summed E-state index contributed by atoms with van der Waals surface area (Å²) >= 11 is 0. The van der Waals surface area contributed by atoms with Crippen molar-refractivity contribution in [1.29, 1.82) is 0 Å². The smallest absolute Gasteiger partial charge is 0.269 e. The fourth-order valence-electron chi connectivity index (χ4n) is 1.09. The Morgan fingerprint density at radius 1 is 1.73 bits per heavy atom. The minimum atomic E-state index is -0.466. The highest BCUT2D eigenvalue weighted by atomic mass is 16.1. The standard InChI is InChI=1S/C7H11N3O/c1-3-5-4(2)9-10-6(5)7(8)11/h3H2,1-2H3,(H2,8,11)(H,9,10). The molecule has 0 bridgehead atoms. The van der Waals surface area contributed by atoms with Gasteiger partial charge in [-0.2, -0.15) is 5.10 Å². The Balaban J connectivity index is 3.15. The number of aromatic nitrogens is 2. The van der Waals surface area contributed by atoms with E-state index in [-0.39, 0.29) is 0 Å². The van der Waals surface area contributed by atoms with E-state index in [1.165, 1.54) is 0 Å². The average molecular weight is 153 g/mol. The summed E-state index contributed by atoms with van der Waals surface area (Å²) < 4.78 is 0. The van der Waals surface area contributed by atoms with E-state index in [4.69, 9.17) is 5.73 Å². The van der Waals surface area contributed by atoms with Crippen LogP contribution in [-0.2, 0) is 6.42 Å². The third-order valence-corrected chi connectivity index (χ3v) is 1.66. The van der Waals surface area contributed by atoms with E-state index in [9.17, 15) is 4.79 Å². The number of rotatable bonds is 2. The molecule has 60 valence electrons. The van der Waals surface area contributed by atoms with Gasteiger partial charge in [0, 0.05) is 11.3 Å². The lowest BCUT2D eigenvalue weighted by Gasteiger charge is -1.93. The minimum Gasteiger partial charge on any atom is -0.364 e. The number of hydrogen-bond acceptors (Lipinski definition) is 2. The van der Waals surface area contributed by atoms with Gasteiger partial charge in [-0.25, -0.2) is 0 Å². The molecule has 4 heteroatoms. The van der Waals surface area contributed by atoms with Crippen LogP contribution in [0.1, 0.15) is 28.7 Å². The van der Waals surface area contributed by atoms with E-state index in [2.05, 4.69) is 10.2 Å². The number of aromatic amines is 1. The van der Waals surface area contributed by atoms with Gasteiger partial charge in [-0.1, -0.05) is 6.92 Å². The summed E-state index contributed by atoms with van der Waals surface area (Å²) in [5, 5.41) is 6.51. The Kier molecular flexibility index (Phi) is 1.94. The molecule has 3 N–H and O–H groups in total. The van der Waals surface area contributed by atoms with Gasteiger partial charge in [0.05, 0.1) is 0 Å². The maximum absolute atomic E-state index is 10.7. The van der Waals surface area contributed by atoms with Crippen LogP contribution in [0.25, 0.3) is 0 Å². The average Bonchev–Trinajstić information content (AvgIpc) is 2.30. The second-order valence-corrected chi connectivity index (χ2v) is 2.39. The molecule has 0 aromatic carbocycles. The topological polar surface area (TPSA) is 71.8 Å². The van der Waals surface area contributed by atoms with E-state index < -0.39 is 5.91 Å². The van der Waals surface area contributed by atoms with Gasteiger partial charge in [-0.15, -0.1) is 0 Å². The molecule has 0 atom stereocenters. The molecule has 0 fully saturated rings. The van der Waals surface area contributed by atoms with Crippen LogP contribution in [0.5, 0.6) is 0 Å². The van der Waals surface area contributed by atoms with Crippen LogP contribution in [0.2, 0.25) is 0 Å². The van der Waals surface area contributed by atoms with Crippen molar-refractivity contribution in [2.24, 2.45) is 5.73 Å². The van der Waals surface area contributed by atoms with Gasteiger partial charge in [0.15, 0.2) is 5.69 Å². The lowest BCUT2D eigenvalue weighted by atomic mass is 10.1. The molecule has 1 amide bonds. The first kappa shape index (κ1) is 7.78. The van der Waals surface area contributed by atoms with Crippen LogP contribution in [0.4, 0.5) is 0 Å². The highest BCUT2D eigenvalue weighted by Crippen LogP contribution is 2.09. The van der Waals surface area contributed by atoms with Crippen LogP contribution in [0, 0.1) is 6.92 Å². The number of carbonyl (C=O) groups is 1. The Hall–Kier alpha value is -1.32. The number of aryl methyl sites for hydroxylation is 1. The Morgan fingerprint density at radius 2 is 2.36 bits per heavy atom. The fourth-order valence-corrected chi connectivity index (χ4v) is 1.09. The van der Waals surface area contributed by atoms with E-state index >= 15 is 0 Å². The van der Waals surface area contributed by atoms with Crippen LogP contribution in [0.15, 0.2) is 0 Å². The molecular weight excluding hydrogens is 142 g/mol. The predicted octanol–water partition coefficient (Wildman–Crippen LogP) is 0.379. The van der Waals surface area contributed by atoms with Crippen LogP contribution in [0.3, 0.4) is 0 Å². The largest absolute Gasteiger partial charge is 0.364 e. The molecule has 0 spiro atoms. The molecule has 0 radical (unpaired) electrons. The van der Waals surface area contributed by atoms with Crippen molar-refractivity contribution in [2.45, 2.75) is 20.3 Å². The Labute approximate surface area is 64.8 Å². The Morgan fingerprint density at radius 3 is 2.73 bits per heavy atom. The third kappa shape index (κ3) is 1.24. The summed E-state index contributed by atoms with van der Waals surface area (Å²) in [6, 6.07) is 0. The summed E-state index contributed by atoms with van der Waals surface area (Å²) in [6.07, 6.45) is 0.778. The zero-order chi connectivity index (χ0) is 8.43. The normalized spacial score (nSPS) is 10.0. The molecule has 0 aliphatic heterocycles. The molecule has 4 nitrogen and oxygen atoms in total. The minimum absolute atomic E-state index is 0.366. The monoisotopic (exact) mass is 153 g/mol. The molecule has 0 saturated heterocycles. The number of amides is 1. The highest BCUT2D eigenvalue weighted by molar-refractivity contribution is 5.92. The zero-order valence-corrected chi connectivity index (χ0v) is 6.64. The van der Waals surface area contributed by atoms with Crippen molar-refractivity contribution < 1.29 is 4.79 Å². The molecule has 0 aliphatic carbocycles. The van der Waals surface area contributed by atoms with Gasteiger partial charge in [-0.05, 0) is 13.3 Å². The van der Waals surface area contributed by atoms with Crippen molar-refractivity contribution in [3.8, 4) is 0 Å². The van der Waals surface area contributed by atoms with Crippen molar-refractivity contribution in [1.82, 2.24) is 10.2 Å². The SMILES string of the molecule is CCc1c(C(N)=O)n[nH]c1C. The lowest BCUT2D eigenvalue weighted by molar-refractivity contribution is 0.0994. The lowest BCUT2D eigenvalue weighted by Crippen LogP contribution is -2.13. The first-order chi connectivity index (χ1) is 5.16. The van der Waals surface area contributed by atoms with Crippen molar-refractivity contribution in [2.75, 3.05) is 0 Å². The van der Waals surface area contributed by atoms with Crippen LogP contribution >= 0.6 is 0 Å². The summed E-state index contributed by atoms with van der Waals surface area (Å²) in [6.45, 7) is 3.84. The van der Waals surface area contributed by atoms with Gasteiger partial charge < -0.3 is 5.73 Å². The quantitative estimate of drug-likeness (QED) is 0.644. The second-order valence-electron chi connectivity index (χ2n) is 2.39. The van der Waals surface area contributed by atoms with E-state index in [1.807, 2.05) is 13.8 Å². The molecular formula is C7H11N3O. The first-order valence-corrected chi connectivity index (χ1v) is 3.50. The van der Waals surface area contributed by atoms with Gasteiger partial charge in [0.2, 0.25) is 0 Å². The maximum atomic E-state index is 10.7. The van der Waals surface area contributed by atoms with Gasteiger partial charge in [0.25, 0.3) is 5.91 Å². The summed E-state index contributed by atoms with van der Waals surface area (Å²) in [7, 11) is 0. The van der Waals surface area contributed by atoms with Gasteiger partial charge >= 0.3 is 0 Å². The first-order valence-electron chi connectivity index (χ1n) is 3.50. The molecule has 11 heavy (non-hydrogen) atoms. The van der Waals surface area contributed by atoms with Crippen molar-refractivity contribution in [3.63, 3.8) is 0 Å². The number of primary amides is 1. The second kappa shape index (κ2) is 2.74. The molecule has 0 unspecified atom stereocenters.